The van der Waals surface area contributed by atoms with Gasteiger partial charge in [0.25, 0.3) is 0 Å². The number of halogens is 2. The molecule has 2 aliphatic heterocycles. The van der Waals surface area contributed by atoms with Gasteiger partial charge in [0.1, 0.15) is 0 Å². The standard InChI is InChI=1S/C20H29N3O.2ClH/c24-20(8-7-16-9-11-21-12-10-16)23-14-13-22(15-17-5-6-17)18-3-1-2-4-19(18)23;;/h1-4,16-17,21H,5-15H2;2*1H. The van der Waals surface area contributed by atoms with Gasteiger partial charge >= 0.3 is 0 Å². The van der Waals surface area contributed by atoms with Crippen molar-refractivity contribution < 1.29 is 4.79 Å². The summed E-state index contributed by atoms with van der Waals surface area (Å²) in [6, 6.07) is 8.47. The molecule has 0 atom stereocenters. The summed E-state index contributed by atoms with van der Waals surface area (Å²) in [6.07, 6.45) is 6.93. The maximum Gasteiger partial charge on any atom is 0.227 e. The molecule has 6 heteroatoms. The second kappa shape index (κ2) is 9.82. The molecule has 0 radical (unpaired) electrons. The summed E-state index contributed by atoms with van der Waals surface area (Å²) >= 11 is 0. The third-order valence-corrected chi connectivity index (χ3v) is 5.81. The van der Waals surface area contributed by atoms with Gasteiger partial charge in [0.05, 0.1) is 11.4 Å². The Balaban J connectivity index is 0.00000121. The zero-order chi connectivity index (χ0) is 16.4. The average molecular weight is 400 g/mol. The molecule has 1 saturated carbocycles. The lowest BCUT2D eigenvalue weighted by Crippen LogP contribution is -2.45. The van der Waals surface area contributed by atoms with Gasteiger partial charge in [-0.05, 0) is 69.2 Å². The fourth-order valence-electron chi connectivity index (χ4n) is 4.12. The molecule has 1 saturated heterocycles. The van der Waals surface area contributed by atoms with E-state index in [0.29, 0.717) is 12.3 Å². The summed E-state index contributed by atoms with van der Waals surface area (Å²) in [6.45, 7) is 5.21. The number of benzene rings is 1. The summed E-state index contributed by atoms with van der Waals surface area (Å²) in [4.78, 5) is 17.4. The van der Waals surface area contributed by atoms with Crippen molar-refractivity contribution in [2.75, 3.05) is 42.5 Å². The van der Waals surface area contributed by atoms with Gasteiger partial charge < -0.3 is 15.1 Å². The van der Waals surface area contributed by atoms with E-state index in [0.717, 1.165) is 56.7 Å². The van der Waals surface area contributed by atoms with Gasteiger partial charge in [-0.2, -0.15) is 0 Å². The number of hydrogen-bond acceptors (Lipinski definition) is 3. The van der Waals surface area contributed by atoms with E-state index in [1.165, 1.54) is 31.4 Å². The molecule has 0 aromatic heterocycles. The van der Waals surface area contributed by atoms with Gasteiger partial charge in [0, 0.05) is 26.1 Å². The third-order valence-electron chi connectivity index (χ3n) is 5.81. The summed E-state index contributed by atoms with van der Waals surface area (Å²) in [5.41, 5.74) is 2.38. The van der Waals surface area contributed by atoms with E-state index >= 15 is 0 Å². The number of piperidine rings is 1. The maximum absolute atomic E-state index is 12.8. The second-order valence-corrected chi connectivity index (χ2v) is 7.66. The first-order valence-corrected chi connectivity index (χ1v) is 9.66. The first kappa shape index (κ1) is 21.3. The minimum atomic E-state index is 0. The van der Waals surface area contributed by atoms with E-state index < -0.39 is 0 Å². The van der Waals surface area contributed by atoms with Gasteiger partial charge in [0.2, 0.25) is 5.91 Å². The Bertz CT molecular complexity index is 588. The number of para-hydroxylation sites is 2. The van der Waals surface area contributed by atoms with Crippen LogP contribution in [0.2, 0.25) is 0 Å². The number of carbonyl (C=O) groups excluding carboxylic acids is 1. The van der Waals surface area contributed by atoms with E-state index in [9.17, 15) is 4.79 Å². The van der Waals surface area contributed by atoms with Crippen LogP contribution in [0.15, 0.2) is 24.3 Å². The molecule has 0 unspecified atom stereocenters. The molecule has 1 amide bonds. The molecule has 3 aliphatic rings. The van der Waals surface area contributed by atoms with E-state index in [4.69, 9.17) is 0 Å². The molecule has 2 heterocycles. The van der Waals surface area contributed by atoms with Crippen LogP contribution < -0.4 is 15.1 Å². The lowest BCUT2D eigenvalue weighted by Gasteiger charge is -2.38. The zero-order valence-corrected chi connectivity index (χ0v) is 17.0. The van der Waals surface area contributed by atoms with Crippen molar-refractivity contribution in [2.45, 2.75) is 38.5 Å². The fourth-order valence-corrected chi connectivity index (χ4v) is 4.12. The average Bonchev–Trinajstić information content (AvgIpc) is 3.45. The van der Waals surface area contributed by atoms with Crippen LogP contribution in [0.25, 0.3) is 0 Å². The molecule has 1 aliphatic carbocycles. The van der Waals surface area contributed by atoms with Crippen LogP contribution in [0, 0.1) is 11.8 Å². The van der Waals surface area contributed by atoms with Gasteiger partial charge in [-0.25, -0.2) is 0 Å². The first-order chi connectivity index (χ1) is 11.8. The molecule has 146 valence electrons. The fraction of sp³-hybridized carbons (Fsp3) is 0.650. The highest BCUT2D eigenvalue weighted by atomic mass is 35.5. The highest BCUT2D eigenvalue weighted by Gasteiger charge is 2.30. The first-order valence-electron chi connectivity index (χ1n) is 9.66. The summed E-state index contributed by atoms with van der Waals surface area (Å²) in [7, 11) is 0. The molecule has 26 heavy (non-hydrogen) atoms. The van der Waals surface area contributed by atoms with Crippen LogP contribution in [0.4, 0.5) is 11.4 Å². The van der Waals surface area contributed by atoms with Crippen LogP contribution in [0.1, 0.15) is 38.5 Å². The van der Waals surface area contributed by atoms with Crippen LogP contribution in [0.5, 0.6) is 0 Å². The monoisotopic (exact) mass is 399 g/mol. The van der Waals surface area contributed by atoms with Crippen LogP contribution in [0.3, 0.4) is 0 Å². The number of carbonyl (C=O) groups is 1. The van der Waals surface area contributed by atoms with Crippen molar-refractivity contribution in [2.24, 2.45) is 11.8 Å². The Morgan fingerprint density at radius 3 is 2.35 bits per heavy atom. The summed E-state index contributed by atoms with van der Waals surface area (Å²) in [5, 5.41) is 3.40. The Hall–Kier alpha value is -0.970. The number of hydrogen-bond donors (Lipinski definition) is 1. The highest BCUT2D eigenvalue weighted by molar-refractivity contribution is 5.97. The highest BCUT2D eigenvalue weighted by Crippen LogP contribution is 2.37. The van der Waals surface area contributed by atoms with Gasteiger partial charge in [-0.1, -0.05) is 12.1 Å². The normalized spacial score (nSPS) is 20.0. The minimum absolute atomic E-state index is 0. The quantitative estimate of drug-likeness (QED) is 0.815. The molecule has 4 nitrogen and oxygen atoms in total. The van der Waals surface area contributed by atoms with Crippen molar-refractivity contribution in [1.82, 2.24) is 5.32 Å². The maximum atomic E-state index is 12.8. The largest absolute Gasteiger partial charge is 0.368 e. The number of nitrogens with one attached hydrogen (secondary N) is 1. The number of amides is 1. The summed E-state index contributed by atoms with van der Waals surface area (Å²) in [5.74, 6) is 1.91. The molecule has 0 spiro atoms. The van der Waals surface area contributed by atoms with Gasteiger partial charge in [0.15, 0.2) is 0 Å². The van der Waals surface area contributed by atoms with Gasteiger partial charge in [-0.15, -0.1) is 24.8 Å². The topological polar surface area (TPSA) is 35.6 Å². The van der Waals surface area contributed by atoms with E-state index in [1.54, 1.807) is 0 Å². The lowest BCUT2D eigenvalue weighted by molar-refractivity contribution is -0.119. The van der Waals surface area contributed by atoms with Crippen molar-refractivity contribution in [3.8, 4) is 0 Å². The summed E-state index contributed by atoms with van der Waals surface area (Å²) < 4.78 is 0. The molecule has 2 fully saturated rings. The van der Waals surface area contributed by atoms with Crippen molar-refractivity contribution in [3.05, 3.63) is 24.3 Å². The molecule has 1 N–H and O–H groups in total. The Labute approximate surface area is 169 Å². The van der Waals surface area contributed by atoms with E-state index in [1.807, 2.05) is 4.90 Å². The molecule has 1 aromatic rings. The molecule has 0 bridgehead atoms. The minimum Gasteiger partial charge on any atom is -0.368 e. The van der Waals surface area contributed by atoms with E-state index in [2.05, 4.69) is 34.5 Å². The second-order valence-electron chi connectivity index (χ2n) is 7.66. The van der Waals surface area contributed by atoms with Crippen LogP contribution in [-0.4, -0.2) is 38.6 Å². The van der Waals surface area contributed by atoms with Crippen molar-refractivity contribution >= 4 is 42.1 Å². The van der Waals surface area contributed by atoms with Crippen molar-refractivity contribution in [1.29, 1.82) is 0 Å². The number of anilines is 2. The van der Waals surface area contributed by atoms with Gasteiger partial charge in [-0.3, -0.25) is 4.79 Å². The smallest absolute Gasteiger partial charge is 0.227 e. The molecule has 4 rings (SSSR count). The number of rotatable bonds is 5. The molecule has 1 aromatic carbocycles. The SMILES string of the molecule is Cl.Cl.O=C(CCC1CCNCC1)N1CCN(CC2CC2)c2ccccc21. The zero-order valence-electron chi connectivity index (χ0n) is 15.4. The molecular formula is C20H31Cl2N3O. The number of fused-ring (bicyclic) bond motifs is 1. The Morgan fingerprint density at radius 1 is 0.962 bits per heavy atom. The Morgan fingerprint density at radius 2 is 1.65 bits per heavy atom. The van der Waals surface area contributed by atoms with Crippen LogP contribution >= 0.6 is 24.8 Å². The predicted molar refractivity (Wildman–Crippen MR) is 113 cm³/mol. The van der Waals surface area contributed by atoms with E-state index in [-0.39, 0.29) is 24.8 Å². The molecular weight excluding hydrogens is 369 g/mol. The number of nitrogens with zero attached hydrogens (tertiary/aromatic N) is 2. The lowest BCUT2D eigenvalue weighted by atomic mass is 9.93. The Kier molecular flexibility index (Phi) is 8.05. The predicted octanol–water partition coefficient (Wildman–Crippen LogP) is 3.87. The third kappa shape index (κ3) is 5.05. The van der Waals surface area contributed by atoms with Crippen LogP contribution in [-0.2, 0) is 4.79 Å². The van der Waals surface area contributed by atoms with Crippen molar-refractivity contribution in [3.63, 3.8) is 0 Å².